The van der Waals surface area contributed by atoms with E-state index in [0.29, 0.717) is 6.42 Å². The summed E-state index contributed by atoms with van der Waals surface area (Å²) in [6, 6.07) is 0. The molecular formula is C27H39F5O4. The highest BCUT2D eigenvalue weighted by Gasteiger charge is 2.47. The fourth-order valence-electron chi connectivity index (χ4n) is 4.02. The molecule has 1 rings (SSSR count). The van der Waals surface area contributed by atoms with Crippen LogP contribution >= 0.6 is 0 Å². The number of carbonyl (C=O) groups excluding carboxylic acids is 2. The SMILES string of the molecule is CCCCCCCCCCCCCCOC(=O)C(CC)(CC)C(=O)Oc1c(F)c(F)c(F)c(F)c1F. The van der Waals surface area contributed by atoms with Gasteiger partial charge in [0.15, 0.2) is 5.41 Å². The number of hydrogen-bond acceptors (Lipinski definition) is 4. The standard InChI is InChI=1S/C27H39F5O4/c1-4-7-8-9-10-11-12-13-14-15-16-17-18-35-25(33)27(5-2,6-3)26(34)36-24-22(31)20(29)19(28)21(30)23(24)32/h4-18H2,1-3H3. The summed E-state index contributed by atoms with van der Waals surface area (Å²) in [7, 11) is 0. The molecule has 0 heterocycles. The van der Waals surface area contributed by atoms with Crippen LogP contribution in [0.1, 0.15) is 111 Å². The number of halogens is 5. The highest BCUT2D eigenvalue weighted by Crippen LogP contribution is 2.34. The van der Waals surface area contributed by atoms with Crippen molar-refractivity contribution in [2.24, 2.45) is 5.41 Å². The van der Waals surface area contributed by atoms with Crippen LogP contribution in [-0.4, -0.2) is 18.5 Å². The Balaban J connectivity index is 2.51. The van der Waals surface area contributed by atoms with Gasteiger partial charge in [-0.1, -0.05) is 91.4 Å². The topological polar surface area (TPSA) is 52.6 Å². The lowest BCUT2D eigenvalue weighted by Gasteiger charge is -2.27. The molecule has 0 atom stereocenters. The van der Waals surface area contributed by atoms with Crippen LogP contribution in [0.25, 0.3) is 0 Å². The molecular weight excluding hydrogens is 483 g/mol. The summed E-state index contributed by atoms with van der Waals surface area (Å²) >= 11 is 0. The third-order valence-corrected chi connectivity index (χ3v) is 6.58. The van der Waals surface area contributed by atoms with Crippen molar-refractivity contribution in [1.29, 1.82) is 0 Å². The predicted octanol–water partition coefficient (Wildman–Crippen LogP) is 8.34. The molecule has 0 unspecified atom stereocenters. The molecule has 206 valence electrons. The molecule has 0 saturated carbocycles. The van der Waals surface area contributed by atoms with E-state index in [1.807, 2.05) is 0 Å². The summed E-state index contributed by atoms with van der Waals surface area (Å²) in [6.07, 6.45) is 13.3. The Kier molecular flexibility index (Phi) is 14.6. The fraction of sp³-hybridized carbons (Fsp3) is 0.704. The van der Waals surface area contributed by atoms with Gasteiger partial charge in [-0.05, 0) is 19.3 Å². The quantitative estimate of drug-likeness (QED) is 0.0370. The van der Waals surface area contributed by atoms with Gasteiger partial charge < -0.3 is 9.47 Å². The van der Waals surface area contributed by atoms with E-state index in [0.717, 1.165) is 25.7 Å². The molecule has 0 radical (unpaired) electrons. The lowest BCUT2D eigenvalue weighted by atomic mass is 9.82. The number of rotatable bonds is 18. The molecule has 4 nitrogen and oxygen atoms in total. The third-order valence-electron chi connectivity index (χ3n) is 6.58. The Bertz CT molecular complexity index is 811. The summed E-state index contributed by atoms with van der Waals surface area (Å²) in [6.45, 7) is 5.18. The van der Waals surface area contributed by atoms with E-state index in [-0.39, 0.29) is 19.4 Å². The molecule has 0 aromatic heterocycles. The van der Waals surface area contributed by atoms with Gasteiger partial charge in [-0.15, -0.1) is 0 Å². The van der Waals surface area contributed by atoms with Gasteiger partial charge >= 0.3 is 11.9 Å². The number of unbranched alkanes of at least 4 members (excludes halogenated alkanes) is 11. The molecule has 0 amide bonds. The van der Waals surface area contributed by atoms with Crippen molar-refractivity contribution < 1.29 is 41.0 Å². The van der Waals surface area contributed by atoms with Crippen LogP contribution in [0.2, 0.25) is 0 Å². The second-order valence-corrected chi connectivity index (χ2v) is 9.10. The molecule has 0 saturated heterocycles. The molecule has 36 heavy (non-hydrogen) atoms. The van der Waals surface area contributed by atoms with Crippen molar-refractivity contribution >= 4 is 11.9 Å². The summed E-state index contributed by atoms with van der Waals surface area (Å²) in [5, 5.41) is 0. The van der Waals surface area contributed by atoms with Crippen LogP contribution in [0.5, 0.6) is 5.75 Å². The Morgan fingerprint density at radius 2 is 0.972 bits per heavy atom. The van der Waals surface area contributed by atoms with E-state index in [4.69, 9.17) is 4.74 Å². The van der Waals surface area contributed by atoms with Crippen LogP contribution in [0.15, 0.2) is 0 Å². The molecule has 1 aromatic rings. The van der Waals surface area contributed by atoms with E-state index >= 15 is 0 Å². The minimum atomic E-state index is -2.37. The lowest BCUT2D eigenvalue weighted by molar-refractivity contribution is -0.168. The van der Waals surface area contributed by atoms with Crippen molar-refractivity contribution in [3.63, 3.8) is 0 Å². The number of esters is 2. The highest BCUT2D eigenvalue weighted by atomic mass is 19.2. The van der Waals surface area contributed by atoms with Gasteiger partial charge in [0, 0.05) is 0 Å². The van der Waals surface area contributed by atoms with Crippen LogP contribution in [-0.2, 0) is 14.3 Å². The molecule has 0 N–H and O–H groups in total. The summed E-state index contributed by atoms with van der Waals surface area (Å²) in [5.74, 6) is -15.6. The first-order chi connectivity index (χ1) is 17.2. The van der Waals surface area contributed by atoms with Crippen molar-refractivity contribution in [3.8, 4) is 5.75 Å². The maximum Gasteiger partial charge on any atom is 0.329 e. The van der Waals surface area contributed by atoms with Gasteiger partial charge in [0.2, 0.25) is 34.8 Å². The Hall–Kier alpha value is -2.19. The first kappa shape index (κ1) is 31.8. The van der Waals surface area contributed by atoms with Gasteiger partial charge in [0.05, 0.1) is 6.61 Å². The van der Waals surface area contributed by atoms with Gasteiger partial charge in [-0.25, -0.2) is 13.2 Å². The first-order valence-corrected chi connectivity index (χ1v) is 13.1. The smallest absolute Gasteiger partial charge is 0.329 e. The summed E-state index contributed by atoms with van der Waals surface area (Å²) in [5.41, 5.74) is -1.93. The van der Waals surface area contributed by atoms with E-state index in [2.05, 4.69) is 11.7 Å². The molecule has 1 aromatic carbocycles. The second-order valence-electron chi connectivity index (χ2n) is 9.10. The van der Waals surface area contributed by atoms with Gasteiger partial charge in [0.1, 0.15) is 0 Å². The van der Waals surface area contributed by atoms with Gasteiger partial charge in [-0.3, -0.25) is 9.59 Å². The maximum atomic E-state index is 13.9. The summed E-state index contributed by atoms with van der Waals surface area (Å²) in [4.78, 5) is 25.4. The van der Waals surface area contributed by atoms with Crippen LogP contribution < -0.4 is 4.74 Å². The molecule has 0 fully saturated rings. The van der Waals surface area contributed by atoms with E-state index < -0.39 is 52.2 Å². The average Bonchev–Trinajstić information content (AvgIpc) is 2.88. The molecule has 9 heteroatoms. The third kappa shape index (κ3) is 8.73. The van der Waals surface area contributed by atoms with E-state index in [1.54, 1.807) is 0 Å². The zero-order valence-electron chi connectivity index (χ0n) is 21.6. The van der Waals surface area contributed by atoms with Crippen molar-refractivity contribution in [3.05, 3.63) is 29.1 Å². The predicted molar refractivity (Wildman–Crippen MR) is 127 cm³/mol. The Morgan fingerprint density at radius 1 is 0.583 bits per heavy atom. The average molecular weight is 523 g/mol. The molecule has 0 aliphatic heterocycles. The molecule has 0 spiro atoms. The number of carbonyl (C=O) groups is 2. The van der Waals surface area contributed by atoms with Crippen molar-refractivity contribution in [2.75, 3.05) is 6.61 Å². The van der Waals surface area contributed by atoms with Crippen LogP contribution in [0.4, 0.5) is 22.0 Å². The molecule has 0 bridgehead atoms. The highest BCUT2D eigenvalue weighted by molar-refractivity contribution is 6.00. The Morgan fingerprint density at radius 3 is 1.39 bits per heavy atom. The first-order valence-electron chi connectivity index (χ1n) is 13.1. The van der Waals surface area contributed by atoms with E-state index in [9.17, 15) is 31.5 Å². The molecule has 0 aliphatic carbocycles. The molecule has 0 aliphatic rings. The minimum Gasteiger partial charge on any atom is -0.465 e. The second kappa shape index (κ2) is 16.5. The normalized spacial score (nSPS) is 11.6. The Labute approximate surface area is 210 Å². The van der Waals surface area contributed by atoms with Crippen LogP contribution in [0.3, 0.4) is 0 Å². The maximum absolute atomic E-state index is 13.9. The zero-order valence-corrected chi connectivity index (χ0v) is 21.6. The number of ether oxygens (including phenoxy) is 2. The number of hydrogen-bond donors (Lipinski definition) is 0. The monoisotopic (exact) mass is 522 g/mol. The lowest BCUT2D eigenvalue weighted by Crippen LogP contribution is -2.43. The number of benzene rings is 1. The minimum absolute atomic E-state index is 0.0494. The summed E-state index contributed by atoms with van der Waals surface area (Å²) < 4.78 is 77.8. The van der Waals surface area contributed by atoms with Gasteiger partial charge in [0.25, 0.3) is 0 Å². The van der Waals surface area contributed by atoms with Crippen molar-refractivity contribution in [2.45, 2.75) is 111 Å². The zero-order chi connectivity index (χ0) is 27.1. The van der Waals surface area contributed by atoms with Crippen molar-refractivity contribution in [1.82, 2.24) is 0 Å². The fourth-order valence-corrected chi connectivity index (χ4v) is 4.02. The largest absolute Gasteiger partial charge is 0.465 e. The van der Waals surface area contributed by atoms with Crippen LogP contribution in [0, 0.1) is 34.5 Å². The van der Waals surface area contributed by atoms with Gasteiger partial charge in [-0.2, -0.15) is 8.78 Å². The van der Waals surface area contributed by atoms with E-state index in [1.165, 1.54) is 58.8 Å².